The Kier molecular flexibility index (Phi) is 6.85. The molecule has 1 heterocycles. The highest BCUT2D eigenvalue weighted by atomic mass is 16.5. The molecule has 0 spiro atoms. The molecule has 0 radical (unpaired) electrons. The molecule has 1 fully saturated rings. The van der Waals surface area contributed by atoms with Crippen LogP contribution >= 0.6 is 0 Å². The van der Waals surface area contributed by atoms with Crippen LogP contribution in [0.4, 0.5) is 0 Å². The number of H-pyrrole nitrogens is 1. The van der Waals surface area contributed by atoms with Crippen molar-refractivity contribution in [2.45, 2.75) is 44.1 Å². The second kappa shape index (κ2) is 10.0. The maximum absolute atomic E-state index is 11.5. The van der Waals surface area contributed by atoms with Crippen molar-refractivity contribution in [1.29, 1.82) is 0 Å². The van der Waals surface area contributed by atoms with Gasteiger partial charge in [-0.2, -0.15) is 0 Å². The summed E-state index contributed by atoms with van der Waals surface area (Å²) in [5, 5.41) is 11.5. The molecule has 6 heteroatoms. The standard InChI is InChI=1S/C29H37N3O3/c1-32(16-7-10-26-30-27-24(34-2)13-14-25(35-3)28(27)31-26)17-15-29(33)19-21-11-12-22(29)18-23(21)20-8-5-4-6-9-20/h4-6,8-9,13-14,18,21-22,33H,7,10-12,15-17,19H2,1-3H3,(H,30,31)/t21-,22-,29+/m1/s1. The van der Waals surface area contributed by atoms with Crippen molar-refractivity contribution in [2.24, 2.45) is 11.8 Å². The van der Waals surface area contributed by atoms with E-state index >= 15 is 0 Å². The van der Waals surface area contributed by atoms with E-state index in [1.54, 1.807) is 14.2 Å². The van der Waals surface area contributed by atoms with Gasteiger partial charge in [-0.25, -0.2) is 4.98 Å². The Morgan fingerprint density at radius 3 is 2.54 bits per heavy atom. The first-order valence-corrected chi connectivity index (χ1v) is 12.8. The van der Waals surface area contributed by atoms with Gasteiger partial charge in [0.2, 0.25) is 0 Å². The van der Waals surface area contributed by atoms with Crippen molar-refractivity contribution >= 4 is 16.6 Å². The number of allylic oxidation sites excluding steroid dienone is 1. The quantitative estimate of drug-likeness (QED) is 0.428. The fourth-order valence-electron chi connectivity index (χ4n) is 5.99. The van der Waals surface area contributed by atoms with Gasteiger partial charge >= 0.3 is 0 Å². The number of aromatic amines is 1. The maximum atomic E-state index is 11.5. The molecule has 6 nitrogen and oxygen atoms in total. The van der Waals surface area contributed by atoms with Gasteiger partial charge in [0, 0.05) is 18.9 Å². The minimum absolute atomic E-state index is 0.261. The van der Waals surface area contributed by atoms with Gasteiger partial charge in [0.25, 0.3) is 0 Å². The molecule has 3 aliphatic rings. The normalized spacial score (nSPS) is 23.6. The van der Waals surface area contributed by atoms with Gasteiger partial charge in [-0.15, -0.1) is 0 Å². The third-order valence-corrected chi connectivity index (χ3v) is 7.98. The van der Waals surface area contributed by atoms with Gasteiger partial charge in [0.05, 0.1) is 19.8 Å². The van der Waals surface area contributed by atoms with Crippen LogP contribution in [0, 0.1) is 11.8 Å². The molecule has 1 saturated carbocycles. The van der Waals surface area contributed by atoms with Gasteiger partial charge < -0.3 is 24.5 Å². The lowest BCUT2D eigenvalue weighted by atomic mass is 9.61. The summed E-state index contributed by atoms with van der Waals surface area (Å²) in [5.41, 5.74) is 3.88. The van der Waals surface area contributed by atoms with Gasteiger partial charge in [-0.05, 0) is 74.9 Å². The van der Waals surface area contributed by atoms with Gasteiger partial charge in [0.15, 0.2) is 0 Å². The number of aliphatic hydroxyl groups is 1. The van der Waals surface area contributed by atoms with Crippen LogP contribution in [-0.2, 0) is 6.42 Å². The van der Waals surface area contributed by atoms with E-state index in [0.717, 1.165) is 73.6 Å². The Morgan fingerprint density at radius 2 is 1.83 bits per heavy atom. The van der Waals surface area contributed by atoms with Crippen molar-refractivity contribution in [3.8, 4) is 11.5 Å². The van der Waals surface area contributed by atoms with Crippen molar-refractivity contribution in [1.82, 2.24) is 14.9 Å². The van der Waals surface area contributed by atoms with Crippen molar-refractivity contribution in [3.63, 3.8) is 0 Å². The highest BCUT2D eigenvalue weighted by molar-refractivity contribution is 5.87. The molecule has 3 aliphatic carbocycles. The topological polar surface area (TPSA) is 70.6 Å². The minimum atomic E-state index is -0.582. The first kappa shape index (κ1) is 23.9. The maximum Gasteiger partial charge on any atom is 0.146 e. The molecule has 35 heavy (non-hydrogen) atoms. The van der Waals surface area contributed by atoms with Crippen molar-refractivity contribution in [3.05, 3.63) is 59.9 Å². The molecule has 6 rings (SSSR count). The lowest BCUT2D eigenvalue weighted by molar-refractivity contribution is -0.0574. The summed E-state index contributed by atoms with van der Waals surface area (Å²) in [6, 6.07) is 14.5. The van der Waals surface area contributed by atoms with Crippen molar-refractivity contribution in [2.75, 3.05) is 34.4 Å². The first-order valence-electron chi connectivity index (χ1n) is 12.8. The van der Waals surface area contributed by atoms with Crippen LogP contribution in [0.3, 0.4) is 0 Å². The number of hydrogen-bond donors (Lipinski definition) is 2. The molecule has 0 aliphatic heterocycles. The Balaban J connectivity index is 1.15. The number of benzene rings is 2. The van der Waals surface area contributed by atoms with Crippen molar-refractivity contribution < 1.29 is 14.6 Å². The molecule has 3 aromatic rings. The van der Waals surface area contributed by atoms with Crippen LogP contribution in [0.25, 0.3) is 16.6 Å². The zero-order chi connectivity index (χ0) is 24.4. The highest BCUT2D eigenvalue weighted by Crippen LogP contribution is 2.51. The van der Waals surface area contributed by atoms with Crippen LogP contribution in [-0.4, -0.2) is 59.9 Å². The van der Waals surface area contributed by atoms with Crippen LogP contribution in [0.5, 0.6) is 11.5 Å². The molecule has 2 aromatic carbocycles. The smallest absolute Gasteiger partial charge is 0.146 e. The summed E-state index contributed by atoms with van der Waals surface area (Å²) in [7, 11) is 5.48. The minimum Gasteiger partial charge on any atom is -0.494 e. The lowest BCUT2D eigenvalue weighted by Gasteiger charge is -2.48. The average molecular weight is 476 g/mol. The van der Waals surface area contributed by atoms with E-state index < -0.39 is 5.60 Å². The third-order valence-electron chi connectivity index (χ3n) is 7.98. The van der Waals surface area contributed by atoms with Crippen LogP contribution in [0.15, 0.2) is 48.5 Å². The van der Waals surface area contributed by atoms with E-state index in [9.17, 15) is 5.11 Å². The molecule has 3 atom stereocenters. The van der Waals surface area contributed by atoms with E-state index in [2.05, 4.69) is 53.3 Å². The van der Waals surface area contributed by atoms with E-state index in [0.29, 0.717) is 5.92 Å². The average Bonchev–Trinajstić information content (AvgIpc) is 3.32. The molecule has 0 saturated heterocycles. The first-order chi connectivity index (χ1) is 17.0. The zero-order valence-corrected chi connectivity index (χ0v) is 21.1. The van der Waals surface area contributed by atoms with E-state index in [1.165, 1.54) is 17.6 Å². The number of aryl methyl sites for hydroxylation is 1. The van der Waals surface area contributed by atoms with Crippen LogP contribution in [0.2, 0.25) is 0 Å². The fraction of sp³-hybridized carbons (Fsp3) is 0.483. The summed E-state index contributed by atoms with van der Waals surface area (Å²) >= 11 is 0. The number of imidazole rings is 1. The Bertz CT molecular complexity index is 1150. The zero-order valence-electron chi connectivity index (χ0n) is 21.1. The summed E-state index contributed by atoms with van der Waals surface area (Å²) < 4.78 is 10.9. The predicted octanol–water partition coefficient (Wildman–Crippen LogP) is 5.08. The Hall–Kier alpha value is -2.83. The van der Waals surface area contributed by atoms with Gasteiger partial charge in [-0.1, -0.05) is 36.4 Å². The third kappa shape index (κ3) is 4.82. The summed E-state index contributed by atoms with van der Waals surface area (Å²) in [4.78, 5) is 10.5. The predicted molar refractivity (Wildman–Crippen MR) is 140 cm³/mol. The number of hydrogen-bond acceptors (Lipinski definition) is 5. The highest BCUT2D eigenvalue weighted by Gasteiger charge is 2.46. The monoisotopic (exact) mass is 475 g/mol. The molecule has 0 amide bonds. The number of methoxy groups -OCH3 is 2. The molecule has 2 bridgehead atoms. The number of ether oxygens (including phenoxy) is 2. The van der Waals surface area contributed by atoms with Gasteiger partial charge in [0.1, 0.15) is 28.4 Å². The number of aromatic nitrogens is 2. The largest absolute Gasteiger partial charge is 0.494 e. The summed E-state index contributed by atoms with van der Waals surface area (Å²) in [6.45, 7) is 1.86. The SMILES string of the molecule is COc1ccc(OC)c2[nH]c(CCCN(C)CC[C@]3(O)C[C@H]4CC[C@@H]3C=C4c3ccccc3)nc12. The van der Waals surface area contributed by atoms with Crippen LogP contribution in [0.1, 0.15) is 43.5 Å². The van der Waals surface area contributed by atoms with Crippen LogP contribution < -0.4 is 9.47 Å². The molecule has 1 aromatic heterocycles. The number of rotatable bonds is 10. The Labute approximate surface area is 208 Å². The number of nitrogens with zero attached hydrogens (tertiary/aromatic N) is 2. The van der Waals surface area contributed by atoms with Gasteiger partial charge in [-0.3, -0.25) is 0 Å². The van der Waals surface area contributed by atoms with E-state index in [1.807, 2.05) is 12.1 Å². The van der Waals surface area contributed by atoms with E-state index in [-0.39, 0.29) is 5.92 Å². The second-order valence-corrected chi connectivity index (χ2v) is 10.2. The molecular formula is C29H37N3O3. The molecule has 2 N–H and O–H groups in total. The molecule has 186 valence electrons. The summed E-state index contributed by atoms with van der Waals surface area (Å²) in [5.74, 6) is 3.20. The number of nitrogens with one attached hydrogen (secondary N) is 1. The lowest BCUT2D eigenvalue weighted by Crippen LogP contribution is -2.48. The van der Waals surface area contributed by atoms with E-state index in [4.69, 9.17) is 14.5 Å². The summed E-state index contributed by atoms with van der Waals surface area (Å²) in [6.07, 6.45) is 8.21. The molecular weight excluding hydrogens is 438 g/mol. The second-order valence-electron chi connectivity index (χ2n) is 10.2. The number of fused-ring (bicyclic) bond motifs is 3. The Morgan fingerprint density at radius 1 is 1.06 bits per heavy atom. The fourth-order valence-corrected chi connectivity index (χ4v) is 5.99. The molecule has 0 unspecified atom stereocenters.